The van der Waals surface area contributed by atoms with Crippen LogP contribution in [-0.4, -0.2) is 18.5 Å². The molecule has 1 rings (SSSR count). The summed E-state index contributed by atoms with van der Waals surface area (Å²) >= 11 is 3.11. The largest absolute Gasteiger partial charge is 0.573 e. The van der Waals surface area contributed by atoms with Crippen molar-refractivity contribution in [1.82, 2.24) is 4.98 Å². The standard InChI is InChI=1S/C9H9BrF3NO2/c1-5-8(15-2)7(16-9(11,12)13)3-6(4-10)14-5/h3H,4H2,1-2H3. The first-order valence-electron chi connectivity index (χ1n) is 4.23. The minimum absolute atomic E-state index is 0.0120. The number of aryl methyl sites for hydroxylation is 1. The fraction of sp³-hybridized carbons (Fsp3) is 0.444. The molecule has 90 valence electrons. The number of ether oxygens (including phenoxy) is 2. The molecule has 1 aromatic rings. The van der Waals surface area contributed by atoms with Gasteiger partial charge in [-0.05, 0) is 6.92 Å². The molecule has 0 radical (unpaired) electrons. The van der Waals surface area contributed by atoms with Gasteiger partial charge in [0.1, 0.15) is 0 Å². The summed E-state index contributed by atoms with van der Waals surface area (Å²) in [5, 5.41) is 0.339. The Morgan fingerprint density at radius 3 is 2.50 bits per heavy atom. The van der Waals surface area contributed by atoms with E-state index in [1.165, 1.54) is 13.2 Å². The van der Waals surface area contributed by atoms with Crippen LogP contribution in [0.15, 0.2) is 6.07 Å². The molecule has 0 saturated heterocycles. The SMILES string of the molecule is COc1c(OC(F)(F)F)cc(CBr)nc1C. The van der Waals surface area contributed by atoms with Crippen molar-refractivity contribution >= 4 is 15.9 Å². The van der Waals surface area contributed by atoms with Crippen LogP contribution in [-0.2, 0) is 5.33 Å². The molecule has 0 aromatic carbocycles. The fourth-order valence-electron chi connectivity index (χ4n) is 1.21. The second-order valence-electron chi connectivity index (χ2n) is 2.91. The molecule has 0 aliphatic carbocycles. The number of aromatic nitrogens is 1. The first-order valence-corrected chi connectivity index (χ1v) is 5.35. The molecule has 1 aromatic heterocycles. The van der Waals surface area contributed by atoms with Crippen LogP contribution < -0.4 is 9.47 Å². The quantitative estimate of drug-likeness (QED) is 0.803. The molecule has 0 N–H and O–H groups in total. The molecule has 0 unspecified atom stereocenters. The third-order valence-electron chi connectivity index (χ3n) is 1.73. The zero-order chi connectivity index (χ0) is 12.3. The molecule has 0 aliphatic heterocycles. The predicted molar refractivity (Wildman–Crippen MR) is 54.8 cm³/mol. The van der Waals surface area contributed by atoms with Crippen LogP contribution in [0.3, 0.4) is 0 Å². The van der Waals surface area contributed by atoms with Gasteiger partial charge in [0.15, 0.2) is 11.5 Å². The first kappa shape index (κ1) is 13.1. The Morgan fingerprint density at radius 1 is 1.44 bits per heavy atom. The summed E-state index contributed by atoms with van der Waals surface area (Å²) in [6.07, 6.45) is -4.75. The average Bonchev–Trinajstić information content (AvgIpc) is 2.14. The van der Waals surface area contributed by atoms with Crippen molar-refractivity contribution in [2.45, 2.75) is 18.6 Å². The lowest BCUT2D eigenvalue weighted by Gasteiger charge is -2.14. The van der Waals surface area contributed by atoms with E-state index in [0.29, 0.717) is 16.7 Å². The van der Waals surface area contributed by atoms with Crippen LogP contribution in [0.25, 0.3) is 0 Å². The molecule has 3 nitrogen and oxygen atoms in total. The van der Waals surface area contributed by atoms with E-state index in [2.05, 4.69) is 25.7 Å². The van der Waals surface area contributed by atoms with E-state index in [1.54, 1.807) is 6.92 Å². The van der Waals surface area contributed by atoms with Crippen LogP contribution >= 0.6 is 15.9 Å². The van der Waals surface area contributed by atoms with Crippen LogP contribution in [0.4, 0.5) is 13.2 Å². The Morgan fingerprint density at radius 2 is 2.06 bits per heavy atom. The van der Waals surface area contributed by atoms with Crippen molar-refractivity contribution in [1.29, 1.82) is 0 Å². The highest BCUT2D eigenvalue weighted by Gasteiger charge is 2.33. The van der Waals surface area contributed by atoms with Crippen molar-refractivity contribution in [3.63, 3.8) is 0 Å². The minimum Gasteiger partial charge on any atom is -0.491 e. The summed E-state index contributed by atoms with van der Waals surface area (Å²) in [7, 11) is 1.26. The first-order chi connectivity index (χ1) is 7.37. The molecular formula is C9H9BrF3NO2. The lowest BCUT2D eigenvalue weighted by Crippen LogP contribution is -2.18. The summed E-state index contributed by atoms with van der Waals surface area (Å²) in [4.78, 5) is 4.03. The van der Waals surface area contributed by atoms with Crippen LogP contribution in [0.1, 0.15) is 11.4 Å². The van der Waals surface area contributed by atoms with Crippen molar-refractivity contribution in [2.24, 2.45) is 0 Å². The van der Waals surface area contributed by atoms with Crippen molar-refractivity contribution < 1.29 is 22.6 Å². The van der Waals surface area contributed by atoms with Gasteiger partial charge in [0, 0.05) is 11.4 Å². The molecular weight excluding hydrogens is 291 g/mol. The Labute approximate surface area is 98.7 Å². The number of pyridine rings is 1. The van der Waals surface area contributed by atoms with Gasteiger partial charge < -0.3 is 9.47 Å². The summed E-state index contributed by atoms with van der Waals surface area (Å²) in [5.74, 6) is -0.390. The molecule has 0 saturated carbocycles. The number of hydrogen-bond acceptors (Lipinski definition) is 3. The van der Waals surface area contributed by atoms with Gasteiger partial charge in [0.2, 0.25) is 0 Å². The number of methoxy groups -OCH3 is 1. The molecule has 0 aliphatic rings. The van der Waals surface area contributed by atoms with Gasteiger partial charge in [-0.3, -0.25) is 4.98 Å². The van der Waals surface area contributed by atoms with E-state index >= 15 is 0 Å². The summed E-state index contributed by atoms with van der Waals surface area (Å²) in [6.45, 7) is 1.55. The van der Waals surface area contributed by atoms with Gasteiger partial charge in [-0.25, -0.2) is 0 Å². The van der Waals surface area contributed by atoms with Crippen molar-refractivity contribution in [3.05, 3.63) is 17.5 Å². The monoisotopic (exact) mass is 299 g/mol. The Kier molecular flexibility index (Phi) is 4.01. The fourth-order valence-corrected chi connectivity index (χ4v) is 1.50. The molecule has 0 bridgehead atoms. The summed E-state index contributed by atoms with van der Waals surface area (Å²) in [5.41, 5.74) is 0.788. The molecule has 0 fully saturated rings. The van der Waals surface area contributed by atoms with E-state index < -0.39 is 6.36 Å². The Bertz CT molecular complexity index is 382. The number of alkyl halides is 4. The summed E-state index contributed by atoms with van der Waals surface area (Å²) in [6, 6.07) is 1.19. The van der Waals surface area contributed by atoms with Crippen molar-refractivity contribution in [3.8, 4) is 11.5 Å². The van der Waals surface area contributed by atoms with E-state index in [-0.39, 0.29) is 11.5 Å². The molecule has 0 spiro atoms. The zero-order valence-corrected chi connectivity index (χ0v) is 10.1. The highest BCUT2D eigenvalue weighted by atomic mass is 79.9. The maximum atomic E-state index is 12.1. The van der Waals surface area contributed by atoms with E-state index in [0.717, 1.165) is 0 Å². The number of halogens is 4. The van der Waals surface area contributed by atoms with Crippen molar-refractivity contribution in [2.75, 3.05) is 7.11 Å². The van der Waals surface area contributed by atoms with Crippen LogP contribution in [0, 0.1) is 6.92 Å². The molecule has 0 atom stereocenters. The molecule has 7 heteroatoms. The average molecular weight is 300 g/mol. The minimum atomic E-state index is -4.75. The normalized spacial score (nSPS) is 11.4. The smallest absolute Gasteiger partial charge is 0.491 e. The number of rotatable bonds is 3. The highest BCUT2D eigenvalue weighted by molar-refractivity contribution is 9.08. The molecule has 1 heterocycles. The Balaban J connectivity index is 3.18. The van der Waals surface area contributed by atoms with E-state index in [1.807, 2.05) is 0 Å². The predicted octanol–water partition coefficient (Wildman–Crippen LogP) is 3.19. The van der Waals surface area contributed by atoms with Gasteiger partial charge in [0.25, 0.3) is 0 Å². The zero-order valence-electron chi connectivity index (χ0n) is 8.56. The summed E-state index contributed by atoms with van der Waals surface area (Å²) < 4.78 is 45.0. The third-order valence-corrected chi connectivity index (χ3v) is 2.30. The lowest BCUT2D eigenvalue weighted by atomic mass is 10.3. The van der Waals surface area contributed by atoms with E-state index in [9.17, 15) is 13.2 Å². The second kappa shape index (κ2) is 4.90. The maximum absolute atomic E-state index is 12.1. The van der Waals surface area contributed by atoms with Gasteiger partial charge in [-0.2, -0.15) is 0 Å². The van der Waals surface area contributed by atoms with Gasteiger partial charge in [-0.15, -0.1) is 13.2 Å². The van der Waals surface area contributed by atoms with Gasteiger partial charge in [0.05, 0.1) is 18.5 Å². The van der Waals surface area contributed by atoms with Gasteiger partial charge >= 0.3 is 6.36 Å². The Hall–Kier alpha value is -0.980. The van der Waals surface area contributed by atoms with Gasteiger partial charge in [-0.1, -0.05) is 15.9 Å². The maximum Gasteiger partial charge on any atom is 0.573 e. The highest BCUT2D eigenvalue weighted by Crippen LogP contribution is 2.34. The topological polar surface area (TPSA) is 31.4 Å². The third kappa shape index (κ3) is 3.26. The van der Waals surface area contributed by atoms with Crippen LogP contribution in [0.5, 0.6) is 11.5 Å². The molecule has 0 amide bonds. The molecule has 16 heavy (non-hydrogen) atoms. The number of hydrogen-bond donors (Lipinski definition) is 0. The van der Waals surface area contributed by atoms with E-state index in [4.69, 9.17) is 4.74 Å². The van der Waals surface area contributed by atoms with Crippen LogP contribution in [0.2, 0.25) is 0 Å². The lowest BCUT2D eigenvalue weighted by molar-refractivity contribution is -0.275. The second-order valence-corrected chi connectivity index (χ2v) is 3.47. The number of nitrogens with zero attached hydrogens (tertiary/aromatic N) is 1.